The fourth-order valence-electron chi connectivity index (χ4n) is 2.33. The lowest BCUT2D eigenvalue weighted by Crippen LogP contribution is -2.44. The Bertz CT molecular complexity index is 473. The molecular formula is C15H19F3N2O2. The van der Waals surface area contributed by atoms with Crippen LogP contribution in [-0.2, 0) is 16.1 Å². The monoisotopic (exact) mass is 316 g/mol. The van der Waals surface area contributed by atoms with Gasteiger partial charge in [0.25, 0.3) is 0 Å². The summed E-state index contributed by atoms with van der Waals surface area (Å²) in [7, 11) is 0. The second kappa shape index (κ2) is 7.60. The number of benzene rings is 1. The van der Waals surface area contributed by atoms with Gasteiger partial charge in [-0.15, -0.1) is 0 Å². The maximum absolute atomic E-state index is 12.7. The van der Waals surface area contributed by atoms with Crippen molar-refractivity contribution in [3.63, 3.8) is 0 Å². The van der Waals surface area contributed by atoms with Crippen LogP contribution in [-0.4, -0.2) is 49.3 Å². The van der Waals surface area contributed by atoms with Crippen LogP contribution in [0.4, 0.5) is 13.2 Å². The van der Waals surface area contributed by atoms with Crippen LogP contribution in [0.2, 0.25) is 0 Å². The molecule has 122 valence electrons. The van der Waals surface area contributed by atoms with Gasteiger partial charge in [-0.3, -0.25) is 4.79 Å². The number of nitrogens with zero attached hydrogens (tertiary/aromatic N) is 1. The fourth-order valence-corrected chi connectivity index (χ4v) is 2.33. The van der Waals surface area contributed by atoms with E-state index in [0.717, 1.165) is 4.90 Å². The molecule has 1 aromatic carbocycles. The summed E-state index contributed by atoms with van der Waals surface area (Å²) in [6.07, 6.45) is -4.83. The molecule has 0 spiro atoms. The number of halogens is 3. The van der Waals surface area contributed by atoms with Crippen molar-refractivity contribution in [1.29, 1.82) is 0 Å². The molecular weight excluding hydrogens is 297 g/mol. The van der Waals surface area contributed by atoms with Gasteiger partial charge in [0.2, 0.25) is 5.91 Å². The summed E-state index contributed by atoms with van der Waals surface area (Å²) in [6, 6.07) is 8.66. The number of nitrogens with one attached hydrogen (secondary N) is 1. The fraction of sp³-hybridized carbons (Fsp3) is 0.533. The summed E-state index contributed by atoms with van der Waals surface area (Å²) < 4.78 is 43.5. The summed E-state index contributed by atoms with van der Waals surface area (Å²) in [5, 5.41) is 3.06. The molecule has 1 aliphatic heterocycles. The van der Waals surface area contributed by atoms with Crippen LogP contribution in [0.5, 0.6) is 0 Å². The number of amides is 1. The molecule has 0 radical (unpaired) electrons. The predicted molar refractivity (Wildman–Crippen MR) is 75.1 cm³/mol. The lowest BCUT2D eigenvalue weighted by atomic mass is 10.1. The van der Waals surface area contributed by atoms with E-state index in [0.29, 0.717) is 25.3 Å². The molecule has 1 N–H and O–H groups in total. The van der Waals surface area contributed by atoms with Crippen molar-refractivity contribution in [2.75, 3.05) is 26.2 Å². The summed E-state index contributed by atoms with van der Waals surface area (Å²) >= 11 is 0. The van der Waals surface area contributed by atoms with E-state index in [1.807, 2.05) is 0 Å². The number of alkyl halides is 3. The number of rotatable bonds is 5. The first-order chi connectivity index (χ1) is 10.4. The van der Waals surface area contributed by atoms with Crippen LogP contribution in [0.3, 0.4) is 0 Å². The number of hydrogen-bond acceptors (Lipinski definition) is 3. The van der Waals surface area contributed by atoms with Crippen LogP contribution < -0.4 is 5.32 Å². The minimum absolute atomic E-state index is 0.0457. The standard InChI is InChI=1S/C15H19F3N2O2/c16-15(17,18)11-20(10-12-4-2-1-3-5-12)14(21)8-13-9-19-6-7-22-13/h1-5,13,19H,6-11H2/t13-/m1/s1. The van der Waals surface area contributed by atoms with E-state index in [-0.39, 0.29) is 19.1 Å². The largest absolute Gasteiger partial charge is 0.406 e. The topological polar surface area (TPSA) is 41.6 Å². The molecule has 2 rings (SSSR count). The van der Waals surface area contributed by atoms with Crippen molar-refractivity contribution in [3.05, 3.63) is 35.9 Å². The second-order valence-corrected chi connectivity index (χ2v) is 5.25. The van der Waals surface area contributed by atoms with Gasteiger partial charge < -0.3 is 15.0 Å². The zero-order chi connectivity index (χ0) is 16.0. The quantitative estimate of drug-likeness (QED) is 0.903. The molecule has 1 heterocycles. The van der Waals surface area contributed by atoms with Crippen molar-refractivity contribution in [2.24, 2.45) is 0 Å². The Morgan fingerprint density at radius 2 is 2.05 bits per heavy atom. The van der Waals surface area contributed by atoms with Crippen LogP contribution in [0.1, 0.15) is 12.0 Å². The number of carbonyl (C=O) groups is 1. The highest BCUT2D eigenvalue weighted by Gasteiger charge is 2.33. The Morgan fingerprint density at radius 1 is 1.32 bits per heavy atom. The van der Waals surface area contributed by atoms with Gasteiger partial charge in [-0.05, 0) is 5.56 Å². The van der Waals surface area contributed by atoms with Gasteiger partial charge in [0.15, 0.2) is 0 Å². The van der Waals surface area contributed by atoms with E-state index in [9.17, 15) is 18.0 Å². The normalized spacial score (nSPS) is 19.0. The molecule has 22 heavy (non-hydrogen) atoms. The third-order valence-electron chi connectivity index (χ3n) is 3.35. The molecule has 7 heteroatoms. The molecule has 1 amide bonds. The highest BCUT2D eigenvalue weighted by molar-refractivity contribution is 5.76. The number of hydrogen-bond donors (Lipinski definition) is 1. The van der Waals surface area contributed by atoms with E-state index in [2.05, 4.69) is 5.32 Å². The van der Waals surface area contributed by atoms with Gasteiger partial charge in [0.1, 0.15) is 6.54 Å². The SMILES string of the molecule is O=C(C[C@@H]1CNCCO1)N(Cc1ccccc1)CC(F)(F)F. The maximum atomic E-state index is 12.7. The lowest BCUT2D eigenvalue weighted by molar-refractivity contribution is -0.164. The van der Waals surface area contributed by atoms with E-state index in [1.54, 1.807) is 30.3 Å². The van der Waals surface area contributed by atoms with Crippen molar-refractivity contribution in [2.45, 2.75) is 25.2 Å². The van der Waals surface area contributed by atoms with Crippen molar-refractivity contribution in [3.8, 4) is 0 Å². The minimum Gasteiger partial charge on any atom is -0.375 e. The first-order valence-electron chi connectivity index (χ1n) is 7.15. The second-order valence-electron chi connectivity index (χ2n) is 5.25. The Labute approximate surface area is 127 Å². The molecule has 0 aliphatic carbocycles. The highest BCUT2D eigenvalue weighted by Crippen LogP contribution is 2.19. The first-order valence-corrected chi connectivity index (χ1v) is 7.15. The molecule has 0 unspecified atom stereocenters. The summed E-state index contributed by atoms with van der Waals surface area (Å²) in [5.74, 6) is -0.546. The average Bonchev–Trinajstić information content (AvgIpc) is 2.47. The van der Waals surface area contributed by atoms with Gasteiger partial charge in [0.05, 0.1) is 19.1 Å². The van der Waals surface area contributed by atoms with Crippen molar-refractivity contribution < 1.29 is 22.7 Å². The molecule has 4 nitrogen and oxygen atoms in total. The lowest BCUT2D eigenvalue weighted by Gasteiger charge is -2.28. The van der Waals surface area contributed by atoms with Gasteiger partial charge in [0, 0.05) is 19.6 Å². The molecule has 0 bridgehead atoms. The maximum Gasteiger partial charge on any atom is 0.406 e. The van der Waals surface area contributed by atoms with Gasteiger partial charge >= 0.3 is 6.18 Å². The van der Waals surface area contributed by atoms with Crippen LogP contribution in [0, 0.1) is 0 Å². The van der Waals surface area contributed by atoms with Crippen LogP contribution in [0.15, 0.2) is 30.3 Å². The average molecular weight is 316 g/mol. The Hall–Kier alpha value is -1.60. The zero-order valence-electron chi connectivity index (χ0n) is 12.1. The Morgan fingerprint density at radius 3 is 2.64 bits per heavy atom. The third kappa shape index (κ3) is 5.65. The highest BCUT2D eigenvalue weighted by atomic mass is 19.4. The summed E-state index contributed by atoms with van der Waals surface area (Å²) in [6.45, 7) is 0.341. The van der Waals surface area contributed by atoms with Gasteiger partial charge in [-0.2, -0.15) is 13.2 Å². The van der Waals surface area contributed by atoms with E-state index >= 15 is 0 Å². The molecule has 1 atom stereocenters. The van der Waals surface area contributed by atoms with E-state index < -0.39 is 18.6 Å². The van der Waals surface area contributed by atoms with E-state index in [1.165, 1.54) is 0 Å². The van der Waals surface area contributed by atoms with Crippen molar-refractivity contribution in [1.82, 2.24) is 10.2 Å². The van der Waals surface area contributed by atoms with Gasteiger partial charge in [-0.25, -0.2) is 0 Å². The summed E-state index contributed by atoms with van der Waals surface area (Å²) in [4.78, 5) is 13.1. The predicted octanol–water partition coefficient (Wildman–Crippen LogP) is 1.96. The first kappa shape index (κ1) is 16.8. The van der Waals surface area contributed by atoms with Gasteiger partial charge in [-0.1, -0.05) is 30.3 Å². The number of carbonyl (C=O) groups excluding carboxylic acids is 1. The molecule has 1 aliphatic rings. The Balaban J connectivity index is 2.00. The van der Waals surface area contributed by atoms with Crippen LogP contribution in [0.25, 0.3) is 0 Å². The smallest absolute Gasteiger partial charge is 0.375 e. The molecule has 1 fully saturated rings. The number of ether oxygens (including phenoxy) is 1. The molecule has 0 aromatic heterocycles. The Kier molecular flexibility index (Phi) is 5.79. The zero-order valence-corrected chi connectivity index (χ0v) is 12.1. The molecule has 1 aromatic rings. The number of morpholine rings is 1. The van der Waals surface area contributed by atoms with Crippen LogP contribution >= 0.6 is 0 Å². The minimum atomic E-state index is -4.42. The molecule has 1 saturated heterocycles. The summed E-state index contributed by atoms with van der Waals surface area (Å²) in [5.41, 5.74) is 0.669. The molecule has 0 saturated carbocycles. The van der Waals surface area contributed by atoms with E-state index in [4.69, 9.17) is 4.74 Å². The third-order valence-corrected chi connectivity index (χ3v) is 3.35. The van der Waals surface area contributed by atoms with Crippen molar-refractivity contribution >= 4 is 5.91 Å².